The number of nitrogens with one attached hydrogen (secondary N) is 1. The molecule has 1 aromatic carbocycles. The third kappa shape index (κ3) is 5.48. The highest BCUT2D eigenvalue weighted by molar-refractivity contribution is 5.96. The van der Waals surface area contributed by atoms with Crippen molar-refractivity contribution in [3.63, 3.8) is 0 Å². The molecule has 0 bridgehead atoms. The van der Waals surface area contributed by atoms with E-state index in [9.17, 15) is 19.2 Å². The Morgan fingerprint density at radius 2 is 1.94 bits per heavy atom. The van der Waals surface area contributed by atoms with Crippen LogP contribution in [-0.2, 0) is 14.3 Å². The van der Waals surface area contributed by atoms with E-state index < -0.39 is 24.0 Å². The van der Waals surface area contributed by atoms with Gasteiger partial charge in [-0.15, -0.1) is 0 Å². The summed E-state index contributed by atoms with van der Waals surface area (Å²) in [6.07, 6.45) is 2.41. The molecule has 12 heteroatoms. The summed E-state index contributed by atoms with van der Waals surface area (Å²) >= 11 is 0. The van der Waals surface area contributed by atoms with Gasteiger partial charge in [0.15, 0.2) is 5.76 Å². The molecule has 1 atom stereocenters. The lowest BCUT2D eigenvalue weighted by atomic mass is 10.1. The molecule has 2 saturated heterocycles. The number of carboxylic acids is 1. The number of piperazine rings is 1. The molecule has 2 aromatic rings. The molecule has 0 saturated carbocycles. The van der Waals surface area contributed by atoms with E-state index in [1.807, 2.05) is 0 Å². The molecule has 11 nitrogen and oxygen atoms in total. The molecule has 190 valence electrons. The fraction of sp³-hybridized carbons (Fsp3) is 0.333. The Morgan fingerprint density at radius 3 is 2.61 bits per heavy atom. The van der Waals surface area contributed by atoms with Crippen LogP contribution in [0.2, 0.25) is 0 Å². The van der Waals surface area contributed by atoms with Crippen LogP contribution in [-0.4, -0.2) is 79.3 Å². The number of ether oxygens (including phenoxy) is 1. The number of carboxylic acid groups (broad SMARTS) is 1. The zero-order valence-corrected chi connectivity index (χ0v) is 19.5. The molecule has 2 N–H and O–H groups in total. The smallest absolute Gasteiger partial charge is 0.414 e. The summed E-state index contributed by atoms with van der Waals surface area (Å²) in [6, 6.07) is 5.98. The van der Waals surface area contributed by atoms with Crippen molar-refractivity contribution in [1.29, 1.82) is 0 Å². The minimum Gasteiger partial charge on any atom is -0.478 e. The van der Waals surface area contributed by atoms with Gasteiger partial charge in [0.2, 0.25) is 5.91 Å². The maximum atomic E-state index is 15.0. The fourth-order valence-electron chi connectivity index (χ4n) is 4.10. The number of hydrogen-bond donors (Lipinski definition) is 2. The molecule has 2 aliphatic rings. The average molecular weight is 500 g/mol. The Morgan fingerprint density at radius 1 is 1.19 bits per heavy atom. The van der Waals surface area contributed by atoms with Gasteiger partial charge in [0.25, 0.3) is 5.91 Å². The summed E-state index contributed by atoms with van der Waals surface area (Å²) in [5, 5.41) is 11.4. The van der Waals surface area contributed by atoms with Crippen molar-refractivity contribution in [3.05, 3.63) is 53.7 Å². The molecule has 4 rings (SSSR count). The van der Waals surface area contributed by atoms with E-state index in [1.165, 1.54) is 36.3 Å². The summed E-state index contributed by atoms with van der Waals surface area (Å²) < 4.78 is 25.5. The summed E-state index contributed by atoms with van der Waals surface area (Å²) in [5.41, 5.74) is 1.06. The maximum absolute atomic E-state index is 15.0. The number of amides is 3. The first-order valence-corrected chi connectivity index (χ1v) is 11.3. The predicted molar refractivity (Wildman–Crippen MR) is 126 cm³/mol. The van der Waals surface area contributed by atoms with Gasteiger partial charge in [0.1, 0.15) is 11.9 Å². The Balaban J connectivity index is 1.37. The van der Waals surface area contributed by atoms with Gasteiger partial charge >= 0.3 is 12.1 Å². The maximum Gasteiger partial charge on any atom is 0.414 e. The van der Waals surface area contributed by atoms with Crippen molar-refractivity contribution in [1.82, 2.24) is 10.2 Å². The third-order valence-corrected chi connectivity index (χ3v) is 5.90. The number of nitrogens with zero attached hydrogens (tertiary/aromatic N) is 3. The first kappa shape index (κ1) is 24.8. The Hall–Kier alpha value is -4.35. The first-order valence-electron chi connectivity index (χ1n) is 11.3. The largest absolute Gasteiger partial charge is 0.478 e. The first-order chi connectivity index (χ1) is 17.2. The molecule has 36 heavy (non-hydrogen) atoms. The summed E-state index contributed by atoms with van der Waals surface area (Å²) in [7, 11) is 0. The van der Waals surface area contributed by atoms with Crippen LogP contribution in [0.15, 0.2) is 41.0 Å². The minimum atomic E-state index is -1.14. The van der Waals surface area contributed by atoms with Crippen LogP contribution in [0.5, 0.6) is 0 Å². The topological polar surface area (TPSA) is 133 Å². The summed E-state index contributed by atoms with van der Waals surface area (Å²) in [5.74, 6) is -2.21. The second-order valence-corrected chi connectivity index (χ2v) is 8.35. The zero-order valence-electron chi connectivity index (χ0n) is 19.5. The van der Waals surface area contributed by atoms with E-state index in [-0.39, 0.29) is 30.7 Å². The van der Waals surface area contributed by atoms with Gasteiger partial charge in [0, 0.05) is 44.7 Å². The van der Waals surface area contributed by atoms with Crippen molar-refractivity contribution < 1.29 is 37.8 Å². The fourth-order valence-corrected chi connectivity index (χ4v) is 4.10. The van der Waals surface area contributed by atoms with Crippen molar-refractivity contribution in [3.8, 4) is 0 Å². The van der Waals surface area contributed by atoms with E-state index in [2.05, 4.69) is 5.32 Å². The molecule has 3 amide bonds. The lowest BCUT2D eigenvalue weighted by Crippen LogP contribution is -2.49. The molecule has 0 aliphatic carbocycles. The molecule has 2 aliphatic heterocycles. The SMILES string of the molecule is CC(=O)NCC1CN(c2ccc(N3CCN(C(=O)c4occc4C=CC(=O)O)CC3)c(F)c2)C(=O)O1. The number of carbonyl (C=O) groups excluding carboxylic acids is 3. The Kier molecular flexibility index (Phi) is 7.23. The van der Waals surface area contributed by atoms with Crippen LogP contribution in [0.4, 0.5) is 20.6 Å². The average Bonchev–Trinajstić information content (AvgIpc) is 3.47. The van der Waals surface area contributed by atoms with Gasteiger partial charge in [-0.2, -0.15) is 0 Å². The van der Waals surface area contributed by atoms with Gasteiger partial charge in [-0.1, -0.05) is 0 Å². The van der Waals surface area contributed by atoms with E-state index in [0.29, 0.717) is 43.1 Å². The van der Waals surface area contributed by atoms with E-state index >= 15 is 4.39 Å². The number of hydrogen-bond acceptors (Lipinski definition) is 7. The van der Waals surface area contributed by atoms with Gasteiger partial charge < -0.3 is 29.4 Å². The molecule has 1 aromatic heterocycles. The summed E-state index contributed by atoms with van der Waals surface area (Å²) in [4.78, 5) is 51.6. The van der Waals surface area contributed by atoms with Gasteiger partial charge in [-0.05, 0) is 30.3 Å². The van der Waals surface area contributed by atoms with Crippen molar-refractivity contribution in [2.24, 2.45) is 0 Å². The van der Waals surface area contributed by atoms with Crippen molar-refractivity contribution >= 4 is 41.3 Å². The van der Waals surface area contributed by atoms with E-state index in [4.69, 9.17) is 14.3 Å². The van der Waals surface area contributed by atoms with Crippen LogP contribution < -0.4 is 15.1 Å². The van der Waals surface area contributed by atoms with Gasteiger partial charge in [-0.25, -0.2) is 14.0 Å². The monoisotopic (exact) mass is 500 g/mol. The third-order valence-electron chi connectivity index (χ3n) is 5.90. The summed E-state index contributed by atoms with van der Waals surface area (Å²) in [6.45, 7) is 3.09. The quantitative estimate of drug-likeness (QED) is 0.552. The Bertz CT molecular complexity index is 1200. The normalized spacial score (nSPS) is 18.0. The number of furan rings is 1. The standard InChI is InChI=1S/C24H25FN4O7/c1-15(30)26-13-18-14-29(24(34)36-18)17-3-4-20(19(25)12-17)27-7-9-28(10-8-27)23(33)22-16(6-11-35-22)2-5-21(31)32/h2-6,11-12,18H,7-10,13-14H2,1H3,(H,26,30)(H,31,32). The number of anilines is 2. The molecule has 0 radical (unpaired) electrons. The highest BCUT2D eigenvalue weighted by Gasteiger charge is 2.33. The molecule has 0 spiro atoms. The predicted octanol–water partition coefficient (Wildman–Crippen LogP) is 1.94. The van der Waals surface area contributed by atoms with Crippen molar-refractivity contribution in [2.45, 2.75) is 13.0 Å². The number of cyclic esters (lactones) is 1. The lowest BCUT2D eigenvalue weighted by Gasteiger charge is -2.36. The van der Waals surface area contributed by atoms with Crippen LogP contribution >= 0.6 is 0 Å². The van der Waals surface area contributed by atoms with Crippen LogP contribution in [0, 0.1) is 5.82 Å². The molecular formula is C24H25FN4O7. The van der Waals surface area contributed by atoms with E-state index in [1.54, 1.807) is 21.9 Å². The van der Waals surface area contributed by atoms with Crippen LogP contribution in [0.3, 0.4) is 0 Å². The molecule has 1 unspecified atom stereocenters. The number of benzene rings is 1. The van der Waals surface area contributed by atoms with Crippen LogP contribution in [0.1, 0.15) is 23.0 Å². The second-order valence-electron chi connectivity index (χ2n) is 8.35. The van der Waals surface area contributed by atoms with Gasteiger partial charge in [0.05, 0.1) is 30.7 Å². The highest BCUT2D eigenvalue weighted by atomic mass is 19.1. The molecule has 2 fully saturated rings. The van der Waals surface area contributed by atoms with Crippen LogP contribution in [0.25, 0.3) is 6.08 Å². The number of carbonyl (C=O) groups is 4. The minimum absolute atomic E-state index is 0.0470. The van der Waals surface area contributed by atoms with Gasteiger partial charge in [-0.3, -0.25) is 14.5 Å². The lowest BCUT2D eigenvalue weighted by molar-refractivity contribution is -0.131. The second kappa shape index (κ2) is 10.5. The number of aliphatic carboxylic acids is 1. The van der Waals surface area contributed by atoms with E-state index in [0.717, 1.165) is 6.08 Å². The Labute approximate surface area is 205 Å². The molecule has 3 heterocycles. The van der Waals surface area contributed by atoms with Crippen molar-refractivity contribution in [2.75, 3.05) is 49.1 Å². The molecular weight excluding hydrogens is 475 g/mol. The highest BCUT2D eigenvalue weighted by Crippen LogP contribution is 2.29. The number of halogens is 1. The number of rotatable bonds is 7. The zero-order chi connectivity index (χ0) is 25.8.